The van der Waals surface area contributed by atoms with Gasteiger partial charge in [0, 0.05) is 23.7 Å². The van der Waals surface area contributed by atoms with Crippen molar-refractivity contribution < 1.29 is 9.59 Å². The Labute approximate surface area is 165 Å². The maximum absolute atomic E-state index is 12.2. The average Bonchev–Trinajstić information content (AvgIpc) is 3.02. The van der Waals surface area contributed by atoms with E-state index in [1.807, 2.05) is 62.2 Å². The minimum atomic E-state index is -0.0802. The van der Waals surface area contributed by atoms with Gasteiger partial charge in [0.05, 0.1) is 18.7 Å². The summed E-state index contributed by atoms with van der Waals surface area (Å²) in [6.07, 6.45) is 0.249. The standard InChI is InChI=1S/C20H28N4O2S/c1-5-24(12-19(26)21-14(2)3)11-17-13-27-20(23-17)10-18(25)22-16-8-6-15(4)7-9-16/h6-9,13-14H,5,10-12H2,1-4H3,(H,21,26)(H,22,25). The first kappa shape index (κ1) is 21.1. The summed E-state index contributed by atoms with van der Waals surface area (Å²) in [6, 6.07) is 7.84. The minimum absolute atomic E-state index is 0.0137. The molecule has 2 N–H and O–H groups in total. The summed E-state index contributed by atoms with van der Waals surface area (Å²) in [5, 5.41) is 8.52. The second-order valence-corrected chi connectivity index (χ2v) is 7.79. The molecule has 0 aliphatic heterocycles. The van der Waals surface area contributed by atoms with Crippen LogP contribution < -0.4 is 10.6 Å². The van der Waals surface area contributed by atoms with Gasteiger partial charge in [0.15, 0.2) is 0 Å². The van der Waals surface area contributed by atoms with Gasteiger partial charge in [-0.3, -0.25) is 14.5 Å². The first-order chi connectivity index (χ1) is 12.9. The Balaban J connectivity index is 1.86. The Bertz CT molecular complexity index is 756. The number of carbonyl (C=O) groups excluding carboxylic acids is 2. The van der Waals surface area contributed by atoms with Crippen LogP contribution in [0.4, 0.5) is 5.69 Å². The summed E-state index contributed by atoms with van der Waals surface area (Å²) in [5.74, 6) is -0.0665. The minimum Gasteiger partial charge on any atom is -0.353 e. The van der Waals surface area contributed by atoms with Crippen LogP contribution in [-0.4, -0.2) is 40.8 Å². The Hall–Kier alpha value is -2.25. The van der Waals surface area contributed by atoms with Crippen LogP contribution in [0.25, 0.3) is 0 Å². The van der Waals surface area contributed by atoms with Crippen LogP contribution in [-0.2, 0) is 22.6 Å². The molecular formula is C20H28N4O2S. The maximum atomic E-state index is 12.2. The van der Waals surface area contributed by atoms with E-state index in [2.05, 4.69) is 15.6 Å². The van der Waals surface area contributed by atoms with Gasteiger partial charge < -0.3 is 10.6 Å². The number of amides is 2. The first-order valence-corrected chi connectivity index (χ1v) is 10.0. The summed E-state index contributed by atoms with van der Waals surface area (Å²) in [7, 11) is 0. The molecule has 6 nitrogen and oxygen atoms in total. The van der Waals surface area contributed by atoms with Gasteiger partial charge in [0.1, 0.15) is 5.01 Å². The first-order valence-electron chi connectivity index (χ1n) is 9.17. The fourth-order valence-corrected chi connectivity index (χ4v) is 3.35. The van der Waals surface area contributed by atoms with Gasteiger partial charge in [-0.05, 0) is 39.4 Å². The Morgan fingerprint density at radius 3 is 2.52 bits per heavy atom. The highest BCUT2D eigenvalue weighted by molar-refractivity contribution is 7.09. The third-order valence-corrected chi connectivity index (χ3v) is 4.79. The molecule has 0 unspecified atom stereocenters. The summed E-state index contributed by atoms with van der Waals surface area (Å²) in [6.45, 7) is 9.62. The second kappa shape index (κ2) is 10.2. The predicted molar refractivity (Wildman–Crippen MR) is 110 cm³/mol. The molecule has 1 aromatic carbocycles. The van der Waals surface area contributed by atoms with Gasteiger partial charge in [-0.2, -0.15) is 0 Å². The number of rotatable bonds is 9. The number of hydrogen-bond donors (Lipinski definition) is 2. The van der Waals surface area contributed by atoms with Crippen molar-refractivity contribution in [2.24, 2.45) is 0 Å². The molecule has 2 aromatic rings. The van der Waals surface area contributed by atoms with Crippen LogP contribution in [0.2, 0.25) is 0 Å². The Morgan fingerprint density at radius 2 is 1.89 bits per heavy atom. The second-order valence-electron chi connectivity index (χ2n) is 6.85. The number of nitrogens with one attached hydrogen (secondary N) is 2. The van der Waals surface area contributed by atoms with E-state index in [0.717, 1.165) is 28.5 Å². The molecule has 0 bridgehead atoms. The number of benzene rings is 1. The van der Waals surface area contributed by atoms with Gasteiger partial charge in [0.25, 0.3) is 0 Å². The number of aromatic nitrogens is 1. The molecule has 1 aromatic heterocycles. The lowest BCUT2D eigenvalue weighted by Gasteiger charge is -2.19. The van der Waals surface area contributed by atoms with Crippen molar-refractivity contribution in [3.63, 3.8) is 0 Å². The molecular weight excluding hydrogens is 360 g/mol. The van der Waals surface area contributed by atoms with Crippen LogP contribution in [0.1, 0.15) is 37.0 Å². The zero-order chi connectivity index (χ0) is 19.8. The monoisotopic (exact) mass is 388 g/mol. The lowest BCUT2D eigenvalue weighted by Crippen LogP contribution is -2.39. The third kappa shape index (κ3) is 7.48. The van der Waals surface area contributed by atoms with Crippen LogP contribution in [0.3, 0.4) is 0 Å². The van der Waals surface area contributed by atoms with Crippen LogP contribution in [0, 0.1) is 6.92 Å². The Kier molecular flexibility index (Phi) is 7.94. The summed E-state index contributed by atoms with van der Waals surface area (Å²) < 4.78 is 0. The molecule has 0 atom stereocenters. The van der Waals surface area contributed by atoms with Crippen molar-refractivity contribution in [3.8, 4) is 0 Å². The van der Waals surface area contributed by atoms with Gasteiger partial charge in [-0.1, -0.05) is 24.6 Å². The Morgan fingerprint density at radius 1 is 1.19 bits per heavy atom. The molecule has 0 spiro atoms. The predicted octanol–water partition coefficient (Wildman–Crippen LogP) is 2.98. The van der Waals surface area contributed by atoms with Crippen molar-refractivity contribution in [2.45, 2.75) is 46.7 Å². The van der Waals surface area contributed by atoms with Crippen molar-refractivity contribution in [2.75, 3.05) is 18.4 Å². The molecule has 0 saturated heterocycles. The molecule has 0 aliphatic rings. The van der Waals surface area contributed by atoms with Crippen molar-refractivity contribution in [3.05, 3.63) is 45.9 Å². The highest BCUT2D eigenvalue weighted by Gasteiger charge is 2.13. The lowest BCUT2D eigenvalue weighted by atomic mass is 10.2. The van der Waals surface area contributed by atoms with Crippen molar-refractivity contribution in [1.29, 1.82) is 0 Å². The zero-order valence-corrected chi connectivity index (χ0v) is 17.2. The topological polar surface area (TPSA) is 74.3 Å². The van der Waals surface area contributed by atoms with E-state index < -0.39 is 0 Å². The van der Waals surface area contributed by atoms with E-state index in [4.69, 9.17) is 0 Å². The average molecular weight is 389 g/mol. The number of carbonyl (C=O) groups is 2. The molecule has 1 heterocycles. The third-order valence-electron chi connectivity index (χ3n) is 3.90. The summed E-state index contributed by atoms with van der Waals surface area (Å²) in [4.78, 5) is 30.7. The normalized spacial score (nSPS) is 11.0. The van der Waals surface area contributed by atoms with Crippen LogP contribution >= 0.6 is 11.3 Å². The number of thiazole rings is 1. The number of likely N-dealkylation sites (N-methyl/N-ethyl adjacent to an activating group) is 1. The van der Waals surface area contributed by atoms with Crippen LogP contribution in [0.15, 0.2) is 29.6 Å². The maximum Gasteiger partial charge on any atom is 0.234 e. The van der Waals surface area contributed by atoms with E-state index in [1.54, 1.807) is 0 Å². The SMILES string of the molecule is CCN(CC(=O)NC(C)C)Cc1csc(CC(=O)Nc2ccc(C)cc2)n1. The molecule has 27 heavy (non-hydrogen) atoms. The zero-order valence-electron chi connectivity index (χ0n) is 16.4. The fourth-order valence-electron chi connectivity index (χ4n) is 2.56. The van der Waals surface area contributed by atoms with Crippen molar-refractivity contribution >= 4 is 28.8 Å². The molecule has 0 saturated carbocycles. The molecule has 0 fully saturated rings. The van der Waals surface area contributed by atoms with Gasteiger partial charge in [-0.25, -0.2) is 4.98 Å². The molecule has 2 rings (SSSR count). The molecule has 0 aliphatic carbocycles. The lowest BCUT2D eigenvalue weighted by molar-refractivity contribution is -0.122. The van der Waals surface area contributed by atoms with E-state index in [1.165, 1.54) is 11.3 Å². The van der Waals surface area contributed by atoms with Gasteiger partial charge in [-0.15, -0.1) is 11.3 Å². The largest absolute Gasteiger partial charge is 0.353 e. The number of hydrogen-bond acceptors (Lipinski definition) is 5. The number of anilines is 1. The van der Waals surface area contributed by atoms with E-state index in [0.29, 0.717) is 13.1 Å². The summed E-state index contributed by atoms with van der Waals surface area (Å²) >= 11 is 1.47. The molecule has 146 valence electrons. The van der Waals surface area contributed by atoms with Gasteiger partial charge >= 0.3 is 0 Å². The number of aryl methyl sites for hydroxylation is 1. The smallest absolute Gasteiger partial charge is 0.234 e. The van der Waals surface area contributed by atoms with E-state index in [-0.39, 0.29) is 24.3 Å². The number of nitrogens with zero attached hydrogens (tertiary/aromatic N) is 2. The summed E-state index contributed by atoms with van der Waals surface area (Å²) in [5.41, 5.74) is 2.83. The highest BCUT2D eigenvalue weighted by atomic mass is 32.1. The molecule has 7 heteroatoms. The molecule has 0 radical (unpaired) electrons. The van der Waals surface area contributed by atoms with E-state index >= 15 is 0 Å². The van der Waals surface area contributed by atoms with Crippen molar-refractivity contribution in [1.82, 2.24) is 15.2 Å². The van der Waals surface area contributed by atoms with Gasteiger partial charge in [0.2, 0.25) is 11.8 Å². The van der Waals surface area contributed by atoms with Crippen LogP contribution in [0.5, 0.6) is 0 Å². The van der Waals surface area contributed by atoms with E-state index in [9.17, 15) is 9.59 Å². The molecule has 2 amide bonds. The highest BCUT2D eigenvalue weighted by Crippen LogP contribution is 2.14. The fraction of sp³-hybridized carbons (Fsp3) is 0.450. The quantitative estimate of drug-likeness (QED) is 0.693.